The third kappa shape index (κ3) is 5.27. The Morgan fingerprint density at radius 1 is 1.07 bits per heavy atom. The summed E-state index contributed by atoms with van der Waals surface area (Å²) < 4.78 is 40.0. The Labute approximate surface area is 159 Å². The normalized spacial score (nSPS) is 11.4. The molecule has 2 N–H and O–H groups in total. The van der Waals surface area contributed by atoms with Crippen molar-refractivity contribution in [3.8, 4) is 0 Å². The monoisotopic (exact) mass is 393 g/mol. The lowest BCUT2D eigenvalue weighted by Crippen LogP contribution is -2.30. The zero-order chi connectivity index (χ0) is 20.0. The van der Waals surface area contributed by atoms with Gasteiger partial charge in [0.15, 0.2) is 0 Å². The van der Waals surface area contributed by atoms with Crippen LogP contribution in [0.3, 0.4) is 0 Å². The van der Waals surface area contributed by atoms with E-state index in [0.29, 0.717) is 30.0 Å². The summed E-state index contributed by atoms with van der Waals surface area (Å²) in [5, 5.41) is 5.48. The van der Waals surface area contributed by atoms with E-state index in [0.717, 1.165) is 0 Å². The molecule has 0 heterocycles. The van der Waals surface area contributed by atoms with Crippen molar-refractivity contribution >= 4 is 27.3 Å². The number of amides is 1. The van der Waals surface area contributed by atoms with Crippen LogP contribution in [0.5, 0.6) is 0 Å². The summed E-state index contributed by atoms with van der Waals surface area (Å²) in [6.45, 7) is 5.88. The lowest BCUT2D eigenvalue weighted by molar-refractivity contribution is -0.114. The molecule has 2 rings (SSSR count). The van der Waals surface area contributed by atoms with Crippen molar-refractivity contribution in [2.45, 2.75) is 25.7 Å². The van der Waals surface area contributed by atoms with Gasteiger partial charge in [-0.2, -0.15) is 4.31 Å². The summed E-state index contributed by atoms with van der Waals surface area (Å²) in [5.41, 5.74) is 1.37. The van der Waals surface area contributed by atoms with Crippen molar-refractivity contribution in [3.05, 3.63) is 53.8 Å². The number of hydrogen-bond acceptors (Lipinski definition) is 4. The zero-order valence-corrected chi connectivity index (χ0v) is 16.4. The summed E-state index contributed by atoms with van der Waals surface area (Å²) >= 11 is 0. The summed E-state index contributed by atoms with van der Waals surface area (Å²) in [6, 6.07) is 10.8. The van der Waals surface area contributed by atoms with Crippen LogP contribution in [0.1, 0.15) is 19.4 Å². The molecule has 146 valence electrons. The van der Waals surface area contributed by atoms with Gasteiger partial charge >= 0.3 is 0 Å². The Balaban J connectivity index is 2.04. The minimum atomic E-state index is -3.57. The van der Waals surface area contributed by atoms with Crippen LogP contribution in [-0.2, 0) is 14.8 Å². The fourth-order valence-corrected chi connectivity index (χ4v) is 4.04. The van der Waals surface area contributed by atoms with Gasteiger partial charge in [-0.05, 0) is 42.8 Å². The van der Waals surface area contributed by atoms with Gasteiger partial charge < -0.3 is 10.6 Å². The fourth-order valence-electron chi connectivity index (χ4n) is 2.54. The molecule has 0 unspecified atom stereocenters. The molecule has 0 aromatic heterocycles. The van der Waals surface area contributed by atoms with Crippen molar-refractivity contribution in [2.24, 2.45) is 0 Å². The van der Waals surface area contributed by atoms with E-state index in [9.17, 15) is 17.6 Å². The largest absolute Gasteiger partial charge is 0.376 e. The molecule has 0 spiro atoms. The molecule has 27 heavy (non-hydrogen) atoms. The number of carbonyl (C=O) groups excluding carboxylic acids is 1. The number of carbonyl (C=O) groups is 1. The highest BCUT2D eigenvalue weighted by molar-refractivity contribution is 7.89. The molecule has 0 bridgehead atoms. The maximum absolute atomic E-state index is 13.5. The number of nitrogens with zero attached hydrogens (tertiary/aromatic N) is 1. The van der Waals surface area contributed by atoms with Gasteiger partial charge in [-0.25, -0.2) is 12.8 Å². The summed E-state index contributed by atoms with van der Waals surface area (Å²) in [7, 11) is -3.57. The SMILES string of the molecule is CCN(CC)S(=O)(=O)c1cccc(NCC(=O)Nc2ccc(C)c(F)c2)c1. The molecule has 0 aliphatic carbocycles. The number of nitrogens with one attached hydrogen (secondary N) is 2. The highest BCUT2D eigenvalue weighted by Gasteiger charge is 2.21. The minimum absolute atomic E-state index is 0.0791. The summed E-state index contributed by atoms with van der Waals surface area (Å²) in [6.07, 6.45) is 0. The van der Waals surface area contributed by atoms with Crippen molar-refractivity contribution in [2.75, 3.05) is 30.3 Å². The van der Waals surface area contributed by atoms with E-state index in [1.807, 2.05) is 0 Å². The van der Waals surface area contributed by atoms with Gasteiger partial charge in [-0.3, -0.25) is 4.79 Å². The third-order valence-electron chi connectivity index (χ3n) is 4.09. The molecule has 0 radical (unpaired) electrons. The topological polar surface area (TPSA) is 78.5 Å². The second-order valence-corrected chi connectivity index (χ2v) is 7.92. The molecule has 0 fully saturated rings. The van der Waals surface area contributed by atoms with Gasteiger partial charge in [-0.1, -0.05) is 26.0 Å². The van der Waals surface area contributed by atoms with Crippen LogP contribution in [-0.4, -0.2) is 38.3 Å². The van der Waals surface area contributed by atoms with Gasteiger partial charge in [0.25, 0.3) is 0 Å². The number of rotatable bonds is 8. The Kier molecular flexibility index (Phi) is 6.92. The quantitative estimate of drug-likeness (QED) is 0.722. The number of anilines is 2. The number of benzene rings is 2. The fraction of sp³-hybridized carbons (Fsp3) is 0.316. The molecule has 0 atom stereocenters. The summed E-state index contributed by atoms with van der Waals surface area (Å²) in [5.74, 6) is -0.759. The summed E-state index contributed by atoms with van der Waals surface area (Å²) in [4.78, 5) is 12.2. The predicted octanol–water partition coefficient (Wildman–Crippen LogP) is 3.22. The number of hydrogen-bond donors (Lipinski definition) is 2. The van der Waals surface area contributed by atoms with E-state index in [1.54, 1.807) is 45.0 Å². The molecule has 6 nitrogen and oxygen atoms in total. The van der Waals surface area contributed by atoms with Gasteiger partial charge in [0, 0.05) is 24.5 Å². The highest BCUT2D eigenvalue weighted by atomic mass is 32.2. The van der Waals surface area contributed by atoms with Crippen LogP contribution in [0.25, 0.3) is 0 Å². The maximum atomic E-state index is 13.5. The average molecular weight is 393 g/mol. The Hall–Kier alpha value is -2.45. The number of aryl methyl sites for hydroxylation is 1. The molecule has 2 aromatic rings. The molecule has 0 saturated carbocycles. The maximum Gasteiger partial charge on any atom is 0.243 e. The van der Waals surface area contributed by atoms with Crippen LogP contribution in [0.15, 0.2) is 47.4 Å². The van der Waals surface area contributed by atoms with E-state index in [1.165, 1.54) is 22.5 Å². The van der Waals surface area contributed by atoms with Crippen LogP contribution in [0, 0.1) is 12.7 Å². The Bertz CT molecular complexity index is 912. The zero-order valence-electron chi connectivity index (χ0n) is 15.6. The van der Waals surface area contributed by atoms with Crippen LogP contribution in [0.4, 0.5) is 15.8 Å². The van der Waals surface area contributed by atoms with E-state index < -0.39 is 15.8 Å². The van der Waals surface area contributed by atoms with Crippen molar-refractivity contribution in [1.29, 1.82) is 0 Å². The molecular weight excluding hydrogens is 369 g/mol. The molecule has 2 aromatic carbocycles. The second-order valence-electron chi connectivity index (χ2n) is 5.98. The van der Waals surface area contributed by atoms with E-state index in [4.69, 9.17) is 0 Å². The van der Waals surface area contributed by atoms with E-state index in [2.05, 4.69) is 10.6 Å². The lowest BCUT2D eigenvalue weighted by atomic mass is 10.2. The smallest absolute Gasteiger partial charge is 0.243 e. The Morgan fingerprint density at radius 3 is 2.41 bits per heavy atom. The number of halogens is 1. The molecule has 8 heteroatoms. The van der Waals surface area contributed by atoms with Crippen LogP contribution >= 0.6 is 0 Å². The third-order valence-corrected chi connectivity index (χ3v) is 6.13. The second kappa shape index (κ2) is 8.96. The first-order valence-corrected chi connectivity index (χ1v) is 10.1. The van der Waals surface area contributed by atoms with Crippen LogP contribution < -0.4 is 10.6 Å². The average Bonchev–Trinajstić information content (AvgIpc) is 2.64. The molecular formula is C19H24FN3O3S. The minimum Gasteiger partial charge on any atom is -0.376 e. The van der Waals surface area contributed by atoms with Crippen LogP contribution in [0.2, 0.25) is 0 Å². The van der Waals surface area contributed by atoms with Crippen molar-refractivity contribution < 1.29 is 17.6 Å². The molecule has 1 amide bonds. The highest BCUT2D eigenvalue weighted by Crippen LogP contribution is 2.19. The first-order valence-electron chi connectivity index (χ1n) is 8.68. The van der Waals surface area contributed by atoms with E-state index in [-0.39, 0.29) is 17.3 Å². The van der Waals surface area contributed by atoms with Gasteiger partial charge in [0.05, 0.1) is 11.4 Å². The first kappa shape index (κ1) is 20.9. The number of sulfonamides is 1. The standard InChI is InChI=1S/C19H24FN3O3S/c1-4-23(5-2)27(25,26)17-8-6-7-15(11-17)21-13-19(24)22-16-10-9-14(3)18(20)12-16/h6-12,21H,4-5,13H2,1-3H3,(H,22,24). The van der Waals surface area contributed by atoms with Gasteiger partial charge in [-0.15, -0.1) is 0 Å². The van der Waals surface area contributed by atoms with Crippen molar-refractivity contribution in [1.82, 2.24) is 4.31 Å². The Morgan fingerprint density at radius 2 is 1.78 bits per heavy atom. The first-order chi connectivity index (χ1) is 12.8. The molecule has 0 aliphatic rings. The van der Waals surface area contributed by atoms with Gasteiger partial charge in [0.2, 0.25) is 15.9 Å². The lowest BCUT2D eigenvalue weighted by Gasteiger charge is -2.19. The van der Waals surface area contributed by atoms with Gasteiger partial charge in [0.1, 0.15) is 5.82 Å². The van der Waals surface area contributed by atoms with Crippen molar-refractivity contribution in [3.63, 3.8) is 0 Å². The molecule has 0 aliphatic heterocycles. The van der Waals surface area contributed by atoms with E-state index >= 15 is 0 Å². The molecule has 0 saturated heterocycles. The predicted molar refractivity (Wildman–Crippen MR) is 105 cm³/mol.